The molecule has 2 N–H and O–H groups in total. The van der Waals surface area contributed by atoms with Gasteiger partial charge >= 0.3 is 0 Å². The van der Waals surface area contributed by atoms with E-state index in [-0.39, 0.29) is 24.0 Å². The van der Waals surface area contributed by atoms with E-state index < -0.39 is 0 Å². The molecule has 0 aliphatic heterocycles. The van der Waals surface area contributed by atoms with Gasteiger partial charge in [0.25, 0.3) is 0 Å². The van der Waals surface area contributed by atoms with Crippen LogP contribution < -0.4 is 10.6 Å². The lowest BCUT2D eigenvalue weighted by atomic mass is 10.1. The van der Waals surface area contributed by atoms with Crippen LogP contribution in [0.5, 0.6) is 0 Å². The topological polar surface area (TPSA) is 36.4 Å². The second kappa shape index (κ2) is 9.87. The van der Waals surface area contributed by atoms with E-state index in [1.165, 1.54) is 25.7 Å². The Kier molecular flexibility index (Phi) is 9.87. The van der Waals surface area contributed by atoms with Crippen molar-refractivity contribution in [3.8, 4) is 0 Å². The van der Waals surface area contributed by atoms with E-state index in [1.54, 1.807) is 0 Å². The molecule has 0 aromatic heterocycles. The van der Waals surface area contributed by atoms with Gasteiger partial charge in [-0.25, -0.2) is 0 Å². The van der Waals surface area contributed by atoms with E-state index in [9.17, 15) is 0 Å². The summed E-state index contributed by atoms with van der Waals surface area (Å²) in [5.41, 5.74) is 0. The van der Waals surface area contributed by atoms with Gasteiger partial charge in [0.1, 0.15) is 0 Å². The number of halogens is 1. The largest absolute Gasteiger partial charge is 0.357 e. The Balaban J connectivity index is 0.00000289. The van der Waals surface area contributed by atoms with Crippen LogP contribution in [0, 0.1) is 11.8 Å². The van der Waals surface area contributed by atoms with Gasteiger partial charge in [-0.2, -0.15) is 0 Å². The molecule has 2 unspecified atom stereocenters. The molecule has 1 fully saturated rings. The van der Waals surface area contributed by atoms with Crippen molar-refractivity contribution in [2.75, 3.05) is 13.1 Å². The molecule has 3 nitrogen and oxygen atoms in total. The van der Waals surface area contributed by atoms with E-state index in [1.807, 2.05) is 0 Å². The quantitative estimate of drug-likeness (QED) is 0.411. The second-order valence-electron chi connectivity index (χ2n) is 5.48. The average Bonchev–Trinajstić information content (AvgIpc) is 2.96. The standard InChI is InChI=1S/C14H29N3.HI/c1-5-7-12-10-13(12)17-14(15-6-2)16-9-8-11(3)4;/h11-13H,5-10H2,1-4H3,(H2,15,16,17);1H. The summed E-state index contributed by atoms with van der Waals surface area (Å²) >= 11 is 0. The Hall–Kier alpha value is 0. The summed E-state index contributed by atoms with van der Waals surface area (Å²) in [6.45, 7) is 10.7. The fourth-order valence-corrected chi connectivity index (χ4v) is 2.04. The van der Waals surface area contributed by atoms with E-state index in [0.717, 1.165) is 30.9 Å². The third-order valence-corrected chi connectivity index (χ3v) is 3.22. The summed E-state index contributed by atoms with van der Waals surface area (Å²) in [4.78, 5) is 4.62. The van der Waals surface area contributed by atoms with Gasteiger partial charge in [-0.05, 0) is 38.0 Å². The first-order valence-electron chi connectivity index (χ1n) is 7.22. The van der Waals surface area contributed by atoms with E-state index in [2.05, 4.69) is 43.3 Å². The number of hydrogen-bond donors (Lipinski definition) is 2. The molecule has 0 saturated heterocycles. The van der Waals surface area contributed by atoms with Gasteiger partial charge in [0.15, 0.2) is 5.96 Å². The van der Waals surface area contributed by atoms with Crippen molar-refractivity contribution in [3.05, 3.63) is 0 Å². The molecule has 108 valence electrons. The van der Waals surface area contributed by atoms with Crippen molar-refractivity contribution < 1.29 is 0 Å². The Labute approximate surface area is 130 Å². The molecular weight excluding hydrogens is 337 g/mol. The fourth-order valence-electron chi connectivity index (χ4n) is 2.04. The first-order valence-corrected chi connectivity index (χ1v) is 7.22. The Morgan fingerprint density at radius 1 is 1.33 bits per heavy atom. The summed E-state index contributed by atoms with van der Waals surface area (Å²) in [6, 6.07) is 0.673. The highest BCUT2D eigenvalue weighted by molar-refractivity contribution is 14.0. The number of nitrogens with one attached hydrogen (secondary N) is 2. The summed E-state index contributed by atoms with van der Waals surface area (Å²) < 4.78 is 0. The molecule has 2 atom stereocenters. The normalized spacial score (nSPS) is 22.6. The van der Waals surface area contributed by atoms with Crippen LogP contribution in [-0.2, 0) is 0 Å². The smallest absolute Gasteiger partial charge is 0.191 e. The predicted octanol–water partition coefficient (Wildman–Crippen LogP) is 3.39. The van der Waals surface area contributed by atoms with E-state index >= 15 is 0 Å². The van der Waals surface area contributed by atoms with Crippen molar-refractivity contribution in [2.45, 2.75) is 59.4 Å². The molecule has 4 heteroatoms. The van der Waals surface area contributed by atoms with Crippen molar-refractivity contribution in [1.82, 2.24) is 10.6 Å². The monoisotopic (exact) mass is 367 g/mol. The van der Waals surface area contributed by atoms with Crippen molar-refractivity contribution in [1.29, 1.82) is 0 Å². The van der Waals surface area contributed by atoms with Crippen LogP contribution in [0.25, 0.3) is 0 Å². The highest BCUT2D eigenvalue weighted by Crippen LogP contribution is 2.34. The molecule has 18 heavy (non-hydrogen) atoms. The lowest BCUT2D eigenvalue weighted by Gasteiger charge is -2.11. The molecule has 0 aromatic rings. The Morgan fingerprint density at radius 2 is 2.06 bits per heavy atom. The fraction of sp³-hybridized carbons (Fsp3) is 0.929. The lowest BCUT2D eigenvalue weighted by Crippen LogP contribution is -2.39. The van der Waals surface area contributed by atoms with Gasteiger partial charge in [-0.1, -0.05) is 27.2 Å². The first kappa shape index (κ1) is 18.0. The Morgan fingerprint density at radius 3 is 2.61 bits per heavy atom. The molecule has 1 saturated carbocycles. The summed E-state index contributed by atoms with van der Waals surface area (Å²) in [7, 11) is 0. The molecular formula is C14H30IN3. The van der Waals surface area contributed by atoms with Crippen LogP contribution >= 0.6 is 24.0 Å². The zero-order chi connectivity index (χ0) is 12.7. The SMILES string of the molecule is CCCC1CC1NC(=NCCC(C)C)NCC.I. The predicted molar refractivity (Wildman–Crippen MR) is 90.8 cm³/mol. The van der Waals surface area contributed by atoms with Gasteiger partial charge in [0, 0.05) is 19.1 Å². The average molecular weight is 367 g/mol. The van der Waals surface area contributed by atoms with Gasteiger partial charge in [-0.15, -0.1) is 24.0 Å². The minimum absolute atomic E-state index is 0. The van der Waals surface area contributed by atoms with Gasteiger partial charge in [0.05, 0.1) is 0 Å². The zero-order valence-electron chi connectivity index (χ0n) is 12.3. The molecule has 1 aliphatic rings. The van der Waals surface area contributed by atoms with E-state index in [0.29, 0.717) is 6.04 Å². The number of guanidine groups is 1. The molecule has 0 bridgehead atoms. The maximum atomic E-state index is 4.62. The molecule has 0 aromatic carbocycles. The second-order valence-corrected chi connectivity index (χ2v) is 5.48. The molecule has 1 rings (SSSR count). The lowest BCUT2D eigenvalue weighted by molar-refractivity contribution is 0.593. The molecule has 0 radical (unpaired) electrons. The maximum Gasteiger partial charge on any atom is 0.191 e. The Bertz CT molecular complexity index is 241. The van der Waals surface area contributed by atoms with Crippen molar-refractivity contribution >= 4 is 29.9 Å². The molecule has 1 aliphatic carbocycles. The zero-order valence-corrected chi connectivity index (χ0v) is 14.7. The van der Waals surface area contributed by atoms with Gasteiger partial charge in [0.2, 0.25) is 0 Å². The number of aliphatic imine (C=N–C) groups is 1. The number of rotatable bonds is 7. The highest BCUT2D eigenvalue weighted by Gasteiger charge is 2.36. The summed E-state index contributed by atoms with van der Waals surface area (Å²) in [5.74, 6) is 2.63. The maximum absolute atomic E-state index is 4.62. The highest BCUT2D eigenvalue weighted by atomic mass is 127. The minimum Gasteiger partial charge on any atom is -0.357 e. The van der Waals surface area contributed by atoms with E-state index in [4.69, 9.17) is 0 Å². The summed E-state index contributed by atoms with van der Waals surface area (Å²) in [6.07, 6.45) is 5.13. The molecule has 0 spiro atoms. The van der Waals surface area contributed by atoms with Crippen LogP contribution in [-0.4, -0.2) is 25.1 Å². The molecule has 0 amide bonds. The minimum atomic E-state index is 0. The van der Waals surface area contributed by atoms with Crippen LogP contribution in [0.2, 0.25) is 0 Å². The van der Waals surface area contributed by atoms with Crippen LogP contribution in [0.4, 0.5) is 0 Å². The third kappa shape index (κ3) is 7.44. The summed E-state index contributed by atoms with van der Waals surface area (Å²) in [5, 5.41) is 6.87. The van der Waals surface area contributed by atoms with Crippen molar-refractivity contribution in [2.24, 2.45) is 16.8 Å². The van der Waals surface area contributed by atoms with Gasteiger partial charge in [-0.3, -0.25) is 4.99 Å². The van der Waals surface area contributed by atoms with Gasteiger partial charge < -0.3 is 10.6 Å². The van der Waals surface area contributed by atoms with Crippen molar-refractivity contribution in [3.63, 3.8) is 0 Å². The van der Waals surface area contributed by atoms with Crippen LogP contribution in [0.15, 0.2) is 4.99 Å². The molecule has 0 heterocycles. The number of hydrogen-bond acceptors (Lipinski definition) is 1. The van der Waals surface area contributed by atoms with Crippen LogP contribution in [0.3, 0.4) is 0 Å². The first-order chi connectivity index (χ1) is 8.17. The third-order valence-electron chi connectivity index (χ3n) is 3.22. The van der Waals surface area contributed by atoms with Crippen LogP contribution in [0.1, 0.15) is 53.4 Å². The number of nitrogens with zero attached hydrogens (tertiary/aromatic N) is 1.